The van der Waals surface area contributed by atoms with Gasteiger partial charge in [-0.3, -0.25) is 23.9 Å². The summed E-state index contributed by atoms with van der Waals surface area (Å²) in [6.45, 7) is 4.54. The van der Waals surface area contributed by atoms with Crippen molar-refractivity contribution in [2.45, 2.75) is 32.1 Å². The number of rotatable bonds is 6. The zero-order chi connectivity index (χ0) is 18.5. The topological polar surface area (TPSA) is 139 Å². The average molecular weight is 357 g/mol. The average Bonchev–Trinajstić information content (AvgIpc) is 2.42. The van der Waals surface area contributed by atoms with Gasteiger partial charge in [-0.25, -0.2) is 0 Å². The second-order valence-corrected chi connectivity index (χ2v) is 6.72. The molecule has 0 aliphatic carbocycles. The number of esters is 1. The van der Waals surface area contributed by atoms with Gasteiger partial charge in [0, 0.05) is 11.8 Å². The SMILES string of the molecule is CC(C)(C)OC(=O)CNC(=O)c1ccc(CS(=O)[O-])cc1[N+](=O)[O-]. The van der Waals surface area contributed by atoms with Crippen molar-refractivity contribution in [1.82, 2.24) is 5.32 Å². The van der Waals surface area contributed by atoms with Gasteiger partial charge in [0.25, 0.3) is 11.6 Å². The molecule has 0 aliphatic rings. The molecule has 0 saturated heterocycles. The minimum atomic E-state index is -2.41. The van der Waals surface area contributed by atoms with Crippen molar-refractivity contribution in [2.75, 3.05) is 6.54 Å². The van der Waals surface area contributed by atoms with Gasteiger partial charge in [0.05, 0.1) is 4.92 Å². The van der Waals surface area contributed by atoms with E-state index in [9.17, 15) is 28.5 Å². The molecule has 9 nitrogen and oxygen atoms in total. The largest absolute Gasteiger partial charge is 0.772 e. The fourth-order valence-corrected chi connectivity index (χ4v) is 2.22. The van der Waals surface area contributed by atoms with E-state index in [2.05, 4.69) is 5.32 Å². The van der Waals surface area contributed by atoms with E-state index in [0.29, 0.717) is 0 Å². The molecular weight excluding hydrogens is 340 g/mol. The van der Waals surface area contributed by atoms with Crippen LogP contribution >= 0.6 is 0 Å². The third kappa shape index (κ3) is 6.42. The molecule has 10 heteroatoms. The summed E-state index contributed by atoms with van der Waals surface area (Å²) < 4.78 is 26.3. The van der Waals surface area contributed by atoms with E-state index in [4.69, 9.17) is 4.74 Å². The van der Waals surface area contributed by atoms with E-state index >= 15 is 0 Å². The fraction of sp³-hybridized carbons (Fsp3) is 0.429. The lowest BCUT2D eigenvalue weighted by molar-refractivity contribution is -0.385. The lowest BCUT2D eigenvalue weighted by atomic mass is 10.1. The van der Waals surface area contributed by atoms with Crippen molar-refractivity contribution in [1.29, 1.82) is 0 Å². The summed E-state index contributed by atoms with van der Waals surface area (Å²) in [5, 5.41) is 13.3. The standard InChI is InChI=1S/C14H18N2O7S/c1-14(2,3)23-12(17)7-15-13(18)10-5-4-9(8-24(21)22)6-11(10)16(19)20/h4-6H,7-8H2,1-3H3,(H,15,18)(H,21,22)/p-1. The summed E-state index contributed by atoms with van der Waals surface area (Å²) in [6, 6.07) is 3.45. The van der Waals surface area contributed by atoms with E-state index in [-0.39, 0.29) is 11.1 Å². The van der Waals surface area contributed by atoms with Crippen LogP contribution in [0.4, 0.5) is 5.69 Å². The first kappa shape index (κ1) is 19.7. The van der Waals surface area contributed by atoms with Gasteiger partial charge in [-0.1, -0.05) is 17.1 Å². The summed E-state index contributed by atoms with van der Waals surface area (Å²) in [6.07, 6.45) is 0. The number of nitrogens with one attached hydrogen (secondary N) is 1. The zero-order valence-electron chi connectivity index (χ0n) is 13.4. The Kier molecular flexibility index (Phi) is 6.55. The Morgan fingerprint density at radius 1 is 1.33 bits per heavy atom. The van der Waals surface area contributed by atoms with Gasteiger partial charge in [-0.2, -0.15) is 0 Å². The van der Waals surface area contributed by atoms with E-state index in [1.807, 2.05) is 0 Å². The first-order valence-corrected chi connectivity index (χ1v) is 8.07. The fourth-order valence-electron chi connectivity index (χ4n) is 1.77. The van der Waals surface area contributed by atoms with Crippen molar-refractivity contribution in [3.63, 3.8) is 0 Å². The summed E-state index contributed by atoms with van der Waals surface area (Å²) >= 11 is -2.41. The van der Waals surface area contributed by atoms with E-state index in [1.54, 1.807) is 20.8 Å². The molecule has 1 atom stereocenters. The lowest BCUT2D eigenvalue weighted by Crippen LogP contribution is -2.34. The molecule has 0 aliphatic heterocycles. The third-order valence-electron chi connectivity index (χ3n) is 2.60. The van der Waals surface area contributed by atoms with Gasteiger partial charge in [0.15, 0.2) is 0 Å². The van der Waals surface area contributed by atoms with Gasteiger partial charge >= 0.3 is 5.97 Å². The maximum absolute atomic E-state index is 12.0. The maximum atomic E-state index is 12.0. The number of carbonyl (C=O) groups is 2. The Balaban J connectivity index is 2.88. The van der Waals surface area contributed by atoms with E-state index in [1.165, 1.54) is 6.07 Å². The molecule has 1 unspecified atom stereocenters. The van der Waals surface area contributed by atoms with Crippen LogP contribution in [-0.4, -0.2) is 37.7 Å². The highest BCUT2D eigenvalue weighted by Crippen LogP contribution is 2.21. The van der Waals surface area contributed by atoms with Gasteiger partial charge in [0.2, 0.25) is 0 Å². The number of nitro benzene ring substituents is 1. The number of hydrogen-bond donors (Lipinski definition) is 1. The number of nitrogens with zero attached hydrogens (tertiary/aromatic N) is 1. The molecule has 0 saturated carbocycles. The smallest absolute Gasteiger partial charge is 0.325 e. The molecule has 132 valence electrons. The second-order valence-electron chi connectivity index (χ2n) is 5.83. The van der Waals surface area contributed by atoms with Crippen molar-refractivity contribution >= 4 is 28.6 Å². The Morgan fingerprint density at radius 2 is 1.96 bits per heavy atom. The van der Waals surface area contributed by atoms with Crippen LogP contribution in [0.1, 0.15) is 36.7 Å². The normalized spacial score (nSPS) is 12.3. The zero-order valence-corrected chi connectivity index (χ0v) is 14.2. The molecule has 1 N–H and O–H groups in total. The molecule has 1 rings (SSSR count). The summed E-state index contributed by atoms with van der Waals surface area (Å²) in [4.78, 5) is 33.9. The van der Waals surface area contributed by atoms with Gasteiger partial charge in [0.1, 0.15) is 17.7 Å². The first-order valence-electron chi connectivity index (χ1n) is 6.83. The predicted octanol–water partition coefficient (Wildman–Crippen LogP) is 1.05. The molecule has 0 spiro atoms. The number of hydrogen-bond acceptors (Lipinski definition) is 7. The number of carbonyl (C=O) groups excluding carboxylic acids is 2. The van der Waals surface area contributed by atoms with Crippen molar-refractivity contribution in [3.05, 3.63) is 39.4 Å². The van der Waals surface area contributed by atoms with Gasteiger partial charge in [-0.05, 0) is 32.4 Å². The van der Waals surface area contributed by atoms with Crippen LogP contribution in [0.3, 0.4) is 0 Å². The third-order valence-corrected chi connectivity index (χ3v) is 3.17. The molecule has 24 heavy (non-hydrogen) atoms. The van der Waals surface area contributed by atoms with Crippen molar-refractivity contribution in [2.24, 2.45) is 0 Å². The van der Waals surface area contributed by atoms with Crippen LogP contribution in [0.15, 0.2) is 18.2 Å². The van der Waals surface area contributed by atoms with Crippen molar-refractivity contribution in [3.8, 4) is 0 Å². The van der Waals surface area contributed by atoms with Crippen LogP contribution < -0.4 is 5.32 Å². The summed E-state index contributed by atoms with van der Waals surface area (Å²) in [7, 11) is 0. The quantitative estimate of drug-likeness (QED) is 0.347. The van der Waals surface area contributed by atoms with Gasteiger partial charge in [-0.15, -0.1) is 0 Å². The van der Waals surface area contributed by atoms with E-state index in [0.717, 1.165) is 12.1 Å². The van der Waals surface area contributed by atoms with Crippen LogP contribution in [0.5, 0.6) is 0 Å². The number of benzene rings is 1. The highest BCUT2D eigenvalue weighted by atomic mass is 32.2. The predicted molar refractivity (Wildman–Crippen MR) is 83.9 cm³/mol. The summed E-state index contributed by atoms with van der Waals surface area (Å²) in [5.74, 6) is -1.92. The highest BCUT2D eigenvalue weighted by Gasteiger charge is 2.22. The Hall–Kier alpha value is -2.33. The van der Waals surface area contributed by atoms with Crippen LogP contribution in [0.25, 0.3) is 0 Å². The van der Waals surface area contributed by atoms with Crippen LogP contribution in [0.2, 0.25) is 0 Å². The molecule has 0 fully saturated rings. The molecule has 0 radical (unpaired) electrons. The highest BCUT2D eigenvalue weighted by molar-refractivity contribution is 7.78. The molecule has 0 aromatic heterocycles. The monoisotopic (exact) mass is 357 g/mol. The van der Waals surface area contributed by atoms with Crippen LogP contribution in [-0.2, 0) is 26.4 Å². The number of amides is 1. The lowest BCUT2D eigenvalue weighted by Gasteiger charge is -2.19. The molecular formula is C14H17N2O7S-. The summed E-state index contributed by atoms with van der Waals surface area (Å²) in [5.41, 5.74) is -1.36. The molecule has 0 bridgehead atoms. The Morgan fingerprint density at radius 3 is 2.46 bits per heavy atom. The number of ether oxygens (including phenoxy) is 1. The maximum Gasteiger partial charge on any atom is 0.325 e. The first-order chi connectivity index (χ1) is 11.0. The Labute approximate surface area is 140 Å². The minimum Gasteiger partial charge on any atom is -0.772 e. The number of nitro groups is 1. The van der Waals surface area contributed by atoms with Gasteiger partial charge < -0.3 is 14.6 Å². The second kappa shape index (κ2) is 7.97. The molecule has 0 heterocycles. The molecule has 1 aromatic rings. The van der Waals surface area contributed by atoms with Crippen molar-refractivity contribution < 1.29 is 28.0 Å². The molecule has 1 aromatic carbocycles. The minimum absolute atomic E-state index is 0.179. The Bertz CT molecular complexity index is 682. The van der Waals surface area contributed by atoms with Crippen LogP contribution in [0, 0.1) is 10.1 Å². The van der Waals surface area contributed by atoms with E-state index < -0.39 is 51.5 Å². The molecule has 1 amide bonds.